The van der Waals surface area contributed by atoms with E-state index in [9.17, 15) is 0 Å². The van der Waals surface area contributed by atoms with Crippen molar-refractivity contribution in [1.29, 1.82) is 0 Å². The standard InChI is InChI=1S/C27H28N2/c1-2-3-4-6-9-20-12-14-22(15-13-20)27-19-24(21-10-7-5-8-11-21)25-18-23(28)16-17-26(25)29-27/h5,7-8,10-19H,2-4,6,9,28H2,1H3. The van der Waals surface area contributed by atoms with Crippen LogP contribution in [0.5, 0.6) is 0 Å². The molecule has 29 heavy (non-hydrogen) atoms. The van der Waals surface area contributed by atoms with Gasteiger partial charge < -0.3 is 5.73 Å². The molecule has 2 nitrogen and oxygen atoms in total. The largest absolute Gasteiger partial charge is 0.399 e. The van der Waals surface area contributed by atoms with E-state index in [1.54, 1.807) is 0 Å². The van der Waals surface area contributed by atoms with Gasteiger partial charge in [-0.15, -0.1) is 0 Å². The summed E-state index contributed by atoms with van der Waals surface area (Å²) < 4.78 is 0. The smallest absolute Gasteiger partial charge is 0.0717 e. The van der Waals surface area contributed by atoms with E-state index >= 15 is 0 Å². The maximum atomic E-state index is 6.07. The van der Waals surface area contributed by atoms with Crippen LogP contribution in [0.3, 0.4) is 0 Å². The van der Waals surface area contributed by atoms with Crippen molar-refractivity contribution in [3.63, 3.8) is 0 Å². The number of nitrogen functional groups attached to an aromatic ring is 1. The van der Waals surface area contributed by atoms with Gasteiger partial charge in [-0.25, -0.2) is 4.98 Å². The summed E-state index contributed by atoms with van der Waals surface area (Å²) >= 11 is 0. The second-order valence-electron chi connectivity index (χ2n) is 7.71. The van der Waals surface area contributed by atoms with E-state index in [1.807, 2.05) is 24.3 Å². The molecule has 0 unspecified atom stereocenters. The predicted octanol–water partition coefficient (Wildman–Crippen LogP) is 7.27. The van der Waals surface area contributed by atoms with E-state index in [-0.39, 0.29) is 0 Å². The van der Waals surface area contributed by atoms with Crippen molar-refractivity contribution < 1.29 is 0 Å². The van der Waals surface area contributed by atoms with Crippen LogP contribution in [-0.4, -0.2) is 4.98 Å². The Kier molecular flexibility index (Phi) is 5.90. The van der Waals surface area contributed by atoms with Gasteiger partial charge in [-0.3, -0.25) is 0 Å². The highest BCUT2D eigenvalue weighted by molar-refractivity contribution is 5.98. The zero-order valence-electron chi connectivity index (χ0n) is 17.1. The lowest BCUT2D eigenvalue weighted by Gasteiger charge is -2.11. The predicted molar refractivity (Wildman–Crippen MR) is 125 cm³/mol. The molecule has 1 heterocycles. The fourth-order valence-corrected chi connectivity index (χ4v) is 3.85. The highest BCUT2D eigenvalue weighted by Crippen LogP contribution is 2.33. The number of rotatable bonds is 7. The van der Waals surface area contributed by atoms with Crippen LogP contribution in [0, 0.1) is 0 Å². The van der Waals surface area contributed by atoms with Crippen molar-refractivity contribution in [2.75, 3.05) is 5.73 Å². The number of fused-ring (bicyclic) bond motifs is 1. The van der Waals surface area contributed by atoms with Crippen molar-refractivity contribution in [2.45, 2.75) is 39.0 Å². The minimum Gasteiger partial charge on any atom is -0.399 e. The number of unbranched alkanes of at least 4 members (excludes halogenated alkanes) is 3. The summed E-state index contributed by atoms with van der Waals surface area (Å²) in [6.45, 7) is 2.25. The van der Waals surface area contributed by atoms with Crippen molar-refractivity contribution in [3.8, 4) is 22.4 Å². The molecule has 2 heteroatoms. The Morgan fingerprint density at radius 1 is 0.759 bits per heavy atom. The minimum atomic E-state index is 0.761. The van der Waals surface area contributed by atoms with Gasteiger partial charge in [-0.1, -0.05) is 80.8 Å². The number of pyridine rings is 1. The lowest BCUT2D eigenvalue weighted by molar-refractivity contribution is 0.667. The molecule has 146 valence electrons. The number of aromatic nitrogens is 1. The molecule has 3 aromatic carbocycles. The van der Waals surface area contributed by atoms with Crippen LogP contribution in [0.2, 0.25) is 0 Å². The van der Waals surface area contributed by atoms with Gasteiger partial charge in [0.2, 0.25) is 0 Å². The van der Waals surface area contributed by atoms with E-state index in [0.717, 1.165) is 34.3 Å². The normalized spacial score (nSPS) is 11.1. The molecule has 0 bridgehead atoms. The number of nitrogens with two attached hydrogens (primary N) is 1. The number of aryl methyl sites for hydroxylation is 1. The van der Waals surface area contributed by atoms with E-state index in [0.29, 0.717) is 0 Å². The summed E-state index contributed by atoms with van der Waals surface area (Å²) in [6, 6.07) is 27.5. The van der Waals surface area contributed by atoms with Gasteiger partial charge >= 0.3 is 0 Å². The van der Waals surface area contributed by atoms with Crippen molar-refractivity contribution >= 4 is 16.6 Å². The molecule has 1 aromatic heterocycles. The molecule has 0 spiro atoms. The topological polar surface area (TPSA) is 38.9 Å². The molecular formula is C27H28N2. The number of hydrogen-bond donors (Lipinski definition) is 1. The highest BCUT2D eigenvalue weighted by Gasteiger charge is 2.10. The van der Waals surface area contributed by atoms with Gasteiger partial charge in [-0.2, -0.15) is 0 Å². The van der Waals surface area contributed by atoms with E-state index in [4.69, 9.17) is 10.7 Å². The first kappa shape index (κ1) is 19.2. The first-order valence-corrected chi connectivity index (χ1v) is 10.6. The molecule has 0 aliphatic heterocycles. The summed E-state index contributed by atoms with van der Waals surface area (Å²) in [4.78, 5) is 4.93. The fourth-order valence-electron chi connectivity index (χ4n) is 3.85. The third kappa shape index (κ3) is 4.48. The van der Waals surface area contributed by atoms with E-state index in [2.05, 4.69) is 61.5 Å². The van der Waals surface area contributed by atoms with Gasteiger partial charge in [0.25, 0.3) is 0 Å². The number of anilines is 1. The molecular weight excluding hydrogens is 352 g/mol. The molecule has 0 radical (unpaired) electrons. The van der Waals surface area contributed by atoms with Crippen LogP contribution < -0.4 is 5.73 Å². The Hall–Kier alpha value is -3.13. The first-order chi connectivity index (χ1) is 14.2. The molecule has 0 aliphatic rings. The quantitative estimate of drug-likeness (QED) is 0.270. The molecule has 2 N–H and O–H groups in total. The molecule has 0 aliphatic carbocycles. The third-order valence-electron chi connectivity index (χ3n) is 5.49. The summed E-state index contributed by atoms with van der Waals surface area (Å²) in [7, 11) is 0. The fraction of sp³-hybridized carbons (Fsp3) is 0.222. The molecule has 0 saturated heterocycles. The number of hydrogen-bond acceptors (Lipinski definition) is 2. The van der Waals surface area contributed by atoms with Gasteiger partial charge in [0.15, 0.2) is 0 Å². The molecule has 4 aromatic rings. The molecule has 0 amide bonds. The Balaban J connectivity index is 1.70. The van der Waals surface area contributed by atoms with Gasteiger partial charge in [0.1, 0.15) is 0 Å². The van der Waals surface area contributed by atoms with E-state index in [1.165, 1.54) is 42.4 Å². The molecule has 0 saturated carbocycles. The average molecular weight is 381 g/mol. The zero-order valence-corrected chi connectivity index (χ0v) is 17.1. The minimum absolute atomic E-state index is 0.761. The van der Waals surface area contributed by atoms with Crippen molar-refractivity contribution in [3.05, 3.63) is 84.4 Å². The van der Waals surface area contributed by atoms with E-state index < -0.39 is 0 Å². The Bertz CT molecular complexity index is 1080. The van der Waals surface area contributed by atoms with Gasteiger partial charge in [0, 0.05) is 16.6 Å². The first-order valence-electron chi connectivity index (χ1n) is 10.6. The lowest BCUT2D eigenvalue weighted by Crippen LogP contribution is -1.92. The second-order valence-corrected chi connectivity index (χ2v) is 7.71. The molecule has 4 rings (SSSR count). The van der Waals surface area contributed by atoms with Crippen molar-refractivity contribution in [2.24, 2.45) is 0 Å². The van der Waals surface area contributed by atoms with Crippen LogP contribution >= 0.6 is 0 Å². The van der Waals surface area contributed by atoms with Crippen LogP contribution in [0.15, 0.2) is 78.9 Å². The Morgan fingerprint density at radius 2 is 1.55 bits per heavy atom. The van der Waals surface area contributed by atoms with Crippen molar-refractivity contribution in [1.82, 2.24) is 4.98 Å². The number of nitrogens with zero attached hydrogens (tertiary/aromatic N) is 1. The van der Waals surface area contributed by atoms with Crippen LogP contribution in [-0.2, 0) is 6.42 Å². The second kappa shape index (κ2) is 8.91. The molecule has 0 fully saturated rings. The summed E-state index contributed by atoms with van der Waals surface area (Å²) in [5.74, 6) is 0. The SMILES string of the molecule is CCCCCCc1ccc(-c2cc(-c3ccccc3)c3cc(N)ccc3n2)cc1. The highest BCUT2D eigenvalue weighted by atomic mass is 14.7. The Morgan fingerprint density at radius 3 is 2.31 bits per heavy atom. The van der Waals surface area contributed by atoms with Crippen LogP contribution in [0.25, 0.3) is 33.3 Å². The van der Waals surface area contributed by atoms with Crippen LogP contribution in [0.1, 0.15) is 38.2 Å². The maximum Gasteiger partial charge on any atom is 0.0717 e. The maximum absolute atomic E-state index is 6.07. The third-order valence-corrected chi connectivity index (χ3v) is 5.49. The number of benzene rings is 3. The summed E-state index contributed by atoms with van der Waals surface area (Å²) in [5, 5.41) is 1.09. The zero-order chi connectivity index (χ0) is 20.1. The summed E-state index contributed by atoms with van der Waals surface area (Å²) in [6.07, 6.45) is 6.34. The van der Waals surface area contributed by atoms with Gasteiger partial charge in [0.05, 0.1) is 11.2 Å². The van der Waals surface area contributed by atoms with Gasteiger partial charge in [-0.05, 0) is 53.8 Å². The average Bonchev–Trinajstić information content (AvgIpc) is 2.77. The lowest BCUT2D eigenvalue weighted by atomic mass is 9.97. The summed E-state index contributed by atoms with van der Waals surface area (Å²) in [5.41, 5.74) is 13.7. The monoisotopic (exact) mass is 380 g/mol. The van der Waals surface area contributed by atoms with Crippen LogP contribution in [0.4, 0.5) is 5.69 Å². The Labute approximate surface area is 173 Å². The molecule has 0 atom stereocenters.